The molecular weight excluding hydrogens is 370 g/mol. The summed E-state index contributed by atoms with van der Waals surface area (Å²) in [5.41, 5.74) is 0.982. The maximum absolute atomic E-state index is 12.7. The Morgan fingerprint density at radius 1 is 1.14 bits per heavy atom. The van der Waals surface area contributed by atoms with Gasteiger partial charge in [-0.2, -0.15) is 0 Å². The number of rotatable bonds is 7. The quantitative estimate of drug-likeness (QED) is 0.686. The molecule has 0 radical (unpaired) electrons. The van der Waals surface area contributed by atoms with Crippen molar-refractivity contribution in [1.82, 2.24) is 10.2 Å². The first-order valence-electron chi connectivity index (χ1n) is 10.6. The highest BCUT2D eigenvalue weighted by Crippen LogP contribution is 2.30. The van der Waals surface area contributed by atoms with E-state index in [4.69, 9.17) is 4.74 Å². The number of hydrogen-bond acceptors (Lipinski definition) is 4. The van der Waals surface area contributed by atoms with Crippen LogP contribution in [0.25, 0.3) is 0 Å². The van der Waals surface area contributed by atoms with Crippen LogP contribution in [0.1, 0.15) is 56.3 Å². The first-order valence-corrected chi connectivity index (χ1v) is 10.6. The Morgan fingerprint density at radius 2 is 1.93 bits per heavy atom. The van der Waals surface area contributed by atoms with Crippen LogP contribution >= 0.6 is 0 Å². The van der Waals surface area contributed by atoms with E-state index in [2.05, 4.69) is 17.6 Å². The van der Waals surface area contributed by atoms with E-state index >= 15 is 0 Å². The number of carbonyl (C=O) groups is 3. The Hall–Kier alpha value is -2.57. The van der Waals surface area contributed by atoms with Crippen molar-refractivity contribution in [2.75, 3.05) is 25.0 Å². The molecule has 1 aliphatic heterocycles. The van der Waals surface area contributed by atoms with E-state index < -0.39 is 5.97 Å². The minimum Gasteiger partial charge on any atom is -0.462 e. The standard InChI is InChI=1S/C22H31N3O4/c1-3-15-14-25(11-10-16(15)13-20(26)23-18-8-9-18)22(28)24-19-7-5-6-17(12-19)21(27)29-4-2/h5-7,12,15-16,18H,3-4,8-11,13-14H2,1-2H3,(H,23,26)(H,24,28)/t15-,16-/m0/s1. The number of benzene rings is 1. The SMILES string of the molecule is CCOC(=O)c1cccc(NC(=O)N2CC[C@@H](CC(=O)NC3CC3)[C@@H](CC)C2)c1. The molecule has 2 N–H and O–H groups in total. The summed E-state index contributed by atoms with van der Waals surface area (Å²) in [6.07, 6.45) is 4.50. The molecule has 3 rings (SSSR count). The van der Waals surface area contributed by atoms with Crippen molar-refractivity contribution < 1.29 is 19.1 Å². The summed E-state index contributed by atoms with van der Waals surface area (Å²) in [5, 5.41) is 5.95. The highest BCUT2D eigenvalue weighted by molar-refractivity contribution is 5.94. The van der Waals surface area contributed by atoms with Gasteiger partial charge in [-0.25, -0.2) is 9.59 Å². The Kier molecular flexibility index (Phi) is 7.12. The van der Waals surface area contributed by atoms with E-state index in [1.165, 1.54) is 0 Å². The number of esters is 1. The first-order chi connectivity index (χ1) is 14.0. The van der Waals surface area contributed by atoms with E-state index in [0.717, 1.165) is 25.7 Å². The van der Waals surface area contributed by atoms with Crippen LogP contribution < -0.4 is 10.6 Å². The molecule has 0 aromatic heterocycles. The molecule has 2 atom stereocenters. The molecule has 3 amide bonds. The van der Waals surface area contributed by atoms with Crippen LogP contribution in [0.4, 0.5) is 10.5 Å². The van der Waals surface area contributed by atoms with Gasteiger partial charge in [0.15, 0.2) is 0 Å². The van der Waals surface area contributed by atoms with Gasteiger partial charge in [0.2, 0.25) is 5.91 Å². The number of urea groups is 1. The van der Waals surface area contributed by atoms with Crippen molar-refractivity contribution in [3.8, 4) is 0 Å². The number of amides is 3. The molecule has 1 aliphatic carbocycles. The second-order valence-corrected chi connectivity index (χ2v) is 7.94. The van der Waals surface area contributed by atoms with Crippen LogP contribution in [0.3, 0.4) is 0 Å². The molecule has 1 aromatic rings. The fourth-order valence-electron chi connectivity index (χ4n) is 3.89. The molecule has 0 unspecified atom stereocenters. The maximum Gasteiger partial charge on any atom is 0.338 e. The maximum atomic E-state index is 12.7. The van der Waals surface area contributed by atoms with Gasteiger partial charge in [0, 0.05) is 31.2 Å². The lowest BCUT2D eigenvalue weighted by molar-refractivity contribution is -0.123. The monoisotopic (exact) mass is 401 g/mol. The predicted octanol–water partition coefficient (Wildman–Crippen LogP) is 3.41. The lowest BCUT2D eigenvalue weighted by Gasteiger charge is -2.38. The number of carbonyl (C=O) groups excluding carboxylic acids is 3. The minimum absolute atomic E-state index is 0.143. The second kappa shape index (κ2) is 9.76. The lowest BCUT2D eigenvalue weighted by Crippen LogP contribution is -2.46. The number of nitrogens with one attached hydrogen (secondary N) is 2. The van der Waals surface area contributed by atoms with Crippen molar-refractivity contribution in [2.24, 2.45) is 11.8 Å². The Bertz CT molecular complexity index is 747. The first kappa shape index (κ1) is 21.1. The lowest BCUT2D eigenvalue weighted by atomic mass is 9.81. The largest absolute Gasteiger partial charge is 0.462 e. The zero-order valence-electron chi connectivity index (χ0n) is 17.3. The Labute approximate surface area is 172 Å². The van der Waals surface area contributed by atoms with Crippen LogP contribution in [0.15, 0.2) is 24.3 Å². The van der Waals surface area contributed by atoms with Crippen molar-refractivity contribution in [3.05, 3.63) is 29.8 Å². The molecule has 1 heterocycles. The van der Waals surface area contributed by atoms with Gasteiger partial charge in [-0.05, 0) is 56.2 Å². The van der Waals surface area contributed by atoms with Gasteiger partial charge in [-0.15, -0.1) is 0 Å². The molecule has 7 nitrogen and oxygen atoms in total. The summed E-state index contributed by atoms with van der Waals surface area (Å²) in [5.74, 6) is 0.366. The highest BCUT2D eigenvalue weighted by Gasteiger charge is 2.33. The zero-order chi connectivity index (χ0) is 20.8. The van der Waals surface area contributed by atoms with E-state index in [1.807, 2.05) is 0 Å². The third-order valence-electron chi connectivity index (χ3n) is 5.72. The molecular formula is C22H31N3O4. The van der Waals surface area contributed by atoms with Crippen LogP contribution in [0.2, 0.25) is 0 Å². The van der Waals surface area contributed by atoms with Gasteiger partial charge < -0.3 is 20.3 Å². The third kappa shape index (κ3) is 5.95. The average Bonchev–Trinajstić information content (AvgIpc) is 3.52. The average molecular weight is 402 g/mol. The van der Waals surface area contributed by atoms with E-state index in [1.54, 1.807) is 36.1 Å². The van der Waals surface area contributed by atoms with Crippen LogP contribution in [-0.4, -0.2) is 48.5 Å². The van der Waals surface area contributed by atoms with Gasteiger partial charge in [0.1, 0.15) is 0 Å². The summed E-state index contributed by atoms with van der Waals surface area (Å²) in [7, 11) is 0. The summed E-state index contributed by atoms with van der Waals surface area (Å²) < 4.78 is 5.01. The summed E-state index contributed by atoms with van der Waals surface area (Å²) >= 11 is 0. The topological polar surface area (TPSA) is 87.7 Å². The predicted molar refractivity (Wildman–Crippen MR) is 111 cm³/mol. The van der Waals surface area contributed by atoms with E-state index in [9.17, 15) is 14.4 Å². The van der Waals surface area contributed by atoms with Crippen molar-refractivity contribution in [3.63, 3.8) is 0 Å². The van der Waals surface area contributed by atoms with E-state index in [0.29, 0.717) is 55.2 Å². The molecule has 1 saturated heterocycles. The minimum atomic E-state index is -0.403. The highest BCUT2D eigenvalue weighted by atomic mass is 16.5. The normalized spacial score (nSPS) is 21.4. The second-order valence-electron chi connectivity index (χ2n) is 7.94. The van der Waals surface area contributed by atoms with Gasteiger partial charge in [0.05, 0.1) is 12.2 Å². The summed E-state index contributed by atoms with van der Waals surface area (Å²) in [6.45, 7) is 5.44. The van der Waals surface area contributed by atoms with Gasteiger partial charge in [-0.3, -0.25) is 4.79 Å². The number of ether oxygens (including phenoxy) is 1. The number of anilines is 1. The van der Waals surface area contributed by atoms with Gasteiger partial charge in [-0.1, -0.05) is 19.4 Å². The smallest absolute Gasteiger partial charge is 0.338 e. The molecule has 158 valence electrons. The number of piperidine rings is 1. The fraction of sp³-hybridized carbons (Fsp3) is 0.591. The van der Waals surface area contributed by atoms with Crippen LogP contribution in [0.5, 0.6) is 0 Å². The summed E-state index contributed by atoms with van der Waals surface area (Å²) in [6, 6.07) is 6.99. The van der Waals surface area contributed by atoms with Gasteiger partial charge in [0.25, 0.3) is 0 Å². The van der Waals surface area contributed by atoms with E-state index in [-0.39, 0.29) is 11.9 Å². The molecule has 1 aromatic carbocycles. The van der Waals surface area contributed by atoms with Crippen molar-refractivity contribution in [1.29, 1.82) is 0 Å². The summed E-state index contributed by atoms with van der Waals surface area (Å²) in [4.78, 5) is 38.6. The Balaban J connectivity index is 1.54. The molecule has 1 saturated carbocycles. The van der Waals surface area contributed by atoms with Crippen molar-refractivity contribution in [2.45, 2.75) is 52.0 Å². The van der Waals surface area contributed by atoms with Crippen LogP contribution in [-0.2, 0) is 9.53 Å². The zero-order valence-corrected chi connectivity index (χ0v) is 17.3. The van der Waals surface area contributed by atoms with Crippen LogP contribution in [0, 0.1) is 11.8 Å². The van der Waals surface area contributed by atoms with Gasteiger partial charge >= 0.3 is 12.0 Å². The number of nitrogens with zero attached hydrogens (tertiary/aromatic N) is 1. The molecule has 0 spiro atoms. The molecule has 29 heavy (non-hydrogen) atoms. The number of hydrogen-bond donors (Lipinski definition) is 2. The number of likely N-dealkylation sites (tertiary alicyclic amines) is 1. The third-order valence-corrected chi connectivity index (χ3v) is 5.72. The molecule has 0 bridgehead atoms. The molecule has 2 fully saturated rings. The molecule has 7 heteroatoms. The molecule has 2 aliphatic rings. The Morgan fingerprint density at radius 3 is 2.62 bits per heavy atom. The fourth-order valence-corrected chi connectivity index (χ4v) is 3.89. The van der Waals surface area contributed by atoms with Crippen molar-refractivity contribution >= 4 is 23.6 Å².